The largest absolute Gasteiger partial charge is 0.481 e. The maximum atomic E-state index is 13.4. The molecule has 2 aromatic rings. The summed E-state index contributed by atoms with van der Waals surface area (Å²) >= 11 is 0. The van der Waals surface area contributed by atoms with Gasteiger partial charge in [-0.1, -0.05) is 30.3 Å². The van der Waals surface area contributed by atoms with E-state index in [1.807, 2.05) is 49.1 Å². The Morgan fingerprint density at radius 3 is 2.62 bits per heavy atom. The zero-order valence-electron chi connectivity index (χ0n) is 19.6. The fraction of sp³-hybridized carbons (Fsp3) is 0.520. The monoisotopic (exact) mass is 477 g/mol. The Morgan fingerprint density at radius 1 is 1.26 bits per heavy atom. The lowest BCUT2D eigenvalue weighted by molar-refractivity contribution is -0.147. The van der Waals surface area contributed by atoms with E-state index in [0.29, 0.717) is 24.9 Å². The predicted octanol–water partition coefficient (Wildman–Crippen LogP) is 4.50. The molecule has 3 unspecified atom stereocenters. The number of nitrogens with one attached hydrogen (secondary N) is 1. The Labute approximate surface area is 197 Å². The summed E-state index contributed by atoms with van der Waals surface area (Å²) < 4.78 is 50.8. The predicted molar refractivity (Wildman–Crippen MR) is 120 cm³/mol. The first-order valence-electron chi connectivity index (χ1n) is 11.5. The number of pyridine rings is 1. The number of amides is 1. The van der Waals surface area contributed by atoms with Crippen LogP contribution in [0.2, 0.25) is 0 Å². The van der Waals surface area contributed by atoms with Gasteiger partial charge in [0.1, 0.15) is 6.10 Å². The molecule has 0 radical (unpaired) electrons. The summed E-state index contributed by atoms with van der Waals surface area (Å²) in [6, 6.07) is 10.3. The number of hydrogen-bond acceptors (Lipinski definition) is 5. The number of nitrogens with zero attached hydrogens (tertiary/aromatic N) is 2. The minimum atomic E-state index is -4.49. The second-order valence-electron chi connectivity index (χ2n) is 9.46. The van der Waals surface area contributed by atoms with E-state index in [9.17, 15) is 18.0 Å². The summed E-state index contributed by atoms with van der Waals surface area (Å²) in [5, 5.41) is 3.37. The van der Waals surface area contributed by atoms with Crippen LogP contribution < -0.4 is 10.1 Å². The SMILES string of the molecule is COc1ncc(C(F)(F)F)cc1CNC1CCN(C(=O)C2CCC(C)(C)O2)C1c1ccccc1. The molecule has 1 aromatic carbocycles. The van der Waals surface area contributed by atoms with Gasteiger partial charge in [-0.3, -0.25) is 4.79 Å². The Hall–Kier alpha value is -2.65. The molecule has 2 aliphatic heterocycles. The van der Waals surface area contributed by atoms with Crippen LogP contribution in [0.15, 0.2) is 42.6 Å². The van der Waals surface area contributed by atoms with Gasteiger partial charge in [0, 0.05) is 30.9 Å². The summed E-state index contributed by atoms with van der Waals surface area (Å²) in [4.78, 5) is 19.1. The number of methoxy groups -OCH3 is 1. The average Bonchev–Trinajstić information content (AvgIpc) is 3.39. The Morgan fingerprint density at radius 2 is 2.00 bits per heavy atom. The molecule has 1 aromatic heterocycles. The maximum absolute atomic E-state index is 13.4. The van der Waals surface area contributed by atoms with Crippen molar-refractivity contribution in [1.29, 1.82) is 0 Å². The van der Waals surface area contributed by atoms with E-state index in [-0.39, 0.29) is 36.0 Å². The molecular formula is C25H30F3N3O3. The summed E-state index contributed by atoms with van der Waals surface area (Å²) in [6.45, 7) is 4.64. The van der Waals surface area contributed by atoms with Crippen molar-refractivity contribution in [3.8, 4) is 5.88 Å². The number of ether oxygens (including phenoxy) is 2. The van der Waals surface area contributed by atoms with Crippen molar-refractivity contribution < 1.29 is 27.4 Å². The van der Waals surface area contributed by atoms with Crippen LogP contribution in [0.25, 0.3) is 0 Å². The lowest BCUT2D eigenvalue weighted by atomic mass is 9.99. The highest BCUT2D eigenvalue weighted by atomic mass is 19.4. The number of carbonyl (C=O) groups is 1. The van der Waals surface area contributed by atoms with E-state index in [0.717, 1.165) is 24.2 Å². The molecule has 1 N–H and O–H groups in total. The van der Waals surface area contributed by atoms with Crippen LogP contribution in [0, 0.1) is 0 Å². The molecule has 4 rings (SSSR count). The van der Waals surface area contributed by atoms with Crippen molar-refractivity contribution in [3.05, 3.63) is 59.3 Å². The van der Waals surface area contributed by atoms with Crippen molar-refractivity contribution in [2.24, 2.45) is 0 Å². The molecule has 0 bridgehead atoms. The third-order valence-electron chi connectivity index (χ3n) is 6.57. The second-order valence-corrected chi connectivity index (χ2v) is 9.46. The van der Waals surface area contributed by atoms with Crippen LogP contribution in [-0.2, 0) is 22.3 Å². The number of benzene rings is 1. The highest BCUT2D eigenvalue weighted by Gasteiger charge is 2.44. The molecule has 0 saturated carbocycles. The van der Waals surface area contributed by atoms with Crippen molar-refractivity contribution in [2.45, 2.75) is 69.6 Å². The lowest BCUT2D eigenvalue weighted by Gasteiger charge is -2.31. The normalized spacial score (nSPS) is 24.4. The Kier molecular flexibility index (Phi) is 6.87. The van der Waals surface area contributed by atoms with Crippen LogP contribution in [0.5, 0.6) is 5.88 Å². The number of carbonyl (C=O) groups excluding carboxylic acids is 1. The maximum Gasteiger partial charge on any atom is 0.417 e. The van der Waals surface area contributed by atoms with Crippen LogP contribution >= 0.6 is 0 Å². The fourth-order valence-corrected chi connectivity index (χ4v) is 4.86. The first kappa shape index (κ1) is 24.5. The Balaban J connectivity index is 1.55. The molecule has 184 valence electrons. The van der Waals surface area contributed by atoms with Gasteiger partial charge >= 0.3 is 6.18 Å². The van der Waals surface area contributed by atoms with Gasteiger partial charge in [-0.25, -0.2) is 4.98 Å². The van der Waals surface area contributed by atoms with Gasteiger partial charge in [-0.15, -0.1) is 0 Å². The molecule has 0 aliphatic carbocycles. The number of hydrogen-bond donors (Lipinski definition) is 1. The first-order chi connectivity index (χ1) is 16.1. The van der Waals surface area contributed by atoms with Gasteiger partial charge in [0.05, 0.1) is 24.3 Å². The summed E-state index contributed by atoms with van der Waals surface area (Å²) in [5.74, 6) is 0.103. The van der Waals surface area contributed by atoms with Gasteiger partial charge in [0.2, 0.25) is 5.88 Å². The summed E-state index contributed by atoms with van der Waals surface area (Å²) in [7, 11) is 1.38. The first-order valence-corrected chi connectivity index (χ1v) is 11.5. The number of alkyl halides is 3. The molecule has 0 spiro atoms. The molecule has 2 fully saturated rings. The number of aromatic nitrogens is 1. The van der Waals surface area contributed by atoms with Crippen molar-refractivity contribution in [2.75, 3.05) is 13.7 Å². The minimum absolute atomic E-state index is 0.0398. The third kappa shape index (κ3) is 5.20. The molecule has 1 amide bonds. The zero-order chi connectivity index (χ0) is 24.5. The molecule has 3 atom stereocenters. The van der Waals surface area contributed by atoms with E-state index in [1.165, 1.54) is 7.11 Å². The van der Waals surface area contributed by atoms with Crippen LogP contribution in [-0.4, -0.2) is 47.2 Å². The van der Waals surface area contributed by atoms with E-state index >= 15 is 0 Å². The standard InChI is InChI=1S/C25H30F3N3O3/c1-24(2)11-9-20(34-24)23(32)31-12-10-19(21(31)16-7-5-4-6-8-16)29-14-17-13-18(25(26,27)28)15-30-22(17)33-3/h4-8,13,15,19-21,29H,9-12,14H2,1-3H3. The molecule has 2 aliphatic rings. The lowest BCUT2D eigenvalue weighted by Crippen LogP contribution is -2.43. The third-order valence-corrected chi connectivity index (χ3v) is 6.57. The topological polar surface area (TPSA) is 63.7 Å². The fourth-order valence-electron chi connectivity index (χ4n) is 4.86. The summed E-state index contributed by atoms with van der Waals surface area (Å²) in [6.07, 6.45) is -2.05. The molecule has 2 saturated heterocycles. The van der Waals surface area contributed by atoms with Crippen LogP contribution in [0.3, 0.4) is 0 Å². The highest BCUT2D eigenvalue weighted by molar-refractivity contribution is 5.82. The van der Waals surface area contributed by atoms with E-state index in [1.54, 1.807) is 0 Å². The number of halogens is 3. The smallest absolute Gasteiger partial charge is 0.417 e. The van der Waals surface area contributed by atoms with Gasteiger partial charge in [0.25, 0.3) is 5.91 Å². The second kappa shape index (κ2) is 9.54. The average molecular weight is 478 g/mol. The summed E-state index contributed by atoms with van der Waals surface area (Å²) in [5.41, 5.74) is 0.133. The Bertz CT molecular complexity index is 1010. The van der Waals surface area contributed by atoms with Crippen molar-refractivity contribution >= 4 is 5.91 Å². The van der Waals surface area contributed by atoms with E-state index in [2.05, 4.69) is 10.3 Å². The van der Waals surface area contributed by atoms with Gasteiger partial charge in [-0.05, 0) is 44.7 Å². The highest BCUT2D eigenvalue weighted by Crippen LogP contribution is 2.37. The molecule has 3 heterocycles. The molecule has 34 heavy (non-hydrogen) atoms. The number of likely N-dealkylation sites (tertiary alicyclic amines) is 1. The van der Waals surface area contributed by atoms with E-state index in [4.69, 9.17) is 9.47 Å². The van der Waals surface area contributed by atoms with Gasteiger partial charge in [-0.2, -0.15) is 13.2 Å². The van der Waals surface area contributed by atoms with Gasteiger partial charge < -0.3 is 19.7 Å². The zero-order valence-corrected chi connectivity index (χ0v) is 19.6. The molecule has 9 heteroatoms. The molecular weight excluding hydrogens is 447 g/mol. The number of rotatable bonds is 6. The molecule has 6 nitrogen and oxygen atoms in total. The quantitative estimate of drug-likeness (QED) is 0.664. The minimum Gasteiger partial charge on any atom is -0.481 e. The van der Waals surface area contributed by atoms with E-state index < -0.39 is 17.8 Å². The van der Waals surface area contributed by atoms with Gasteiger partial charge in [0.15, 0.2) is 0 Å². The van der Waals surface area contributed by atoms with Crippen LogP contribution in [0.4, 0.5) is 13.2 Å². The van der Waals surface area contributed by atoms with Crippen molar-refractivity contribution in [3.63, 3.8) is 0 Å². The van der Waals surface area contributed by atoms with Crippen LogP contribution in [0.1, 0.15) is 55.8 Å². The van der Waals surface area contributed by atoms with Crippen molar-refractivity contribution in [1.82, 2.24) is 15.2 Å².